The summed E-state index contributed by atoms with van der Waals surface area (Å²) in [5.41, 5.74) is 2.05. The molecule has 10 heteroatoms. The zero-order valence-electron chi connectivity index (χ0n) is 16.8. The number of nitrogens with zero attached hydrogens (tertiary/aromatic N) is 3. The lowest BCUT2D eigenvalue weighted by atomic mass is 10.1. The van der Waals surface area contributed by atoms with Gasteiger partial charge in [-0.05, 0) is 32.9 Å². The van der Waals surface area contributed by atoms with E-state index in [1.54, 1.807) is 46.1 Å². The maximum Gasteiger partial charge on any atom is 0.350 e. The van der Waals surface area contributed by atoms with E-state index in [1.165, 1.54) is 5.01 Å². The van der Waals surface area contributed by atoms with E-state index >= 15 is 0 Å². The van der Waals surface area contributed by atoms with E-state index in [0.29, 0.717) is 49.8 Å². The highest BCUT2D eigenvalue weighted by atomic mass is 32.1. The van der Waals surface area contributed by atoms with E-state index in [-0.39, 0.29) is 19.3 Å². The predicted octanol–water partition coefficient (Wildman–Crippen LogP) is 3.17. The monoisotopic (exact) mass is 429 g/mol. The number of thiazole rings is 1. The van der Waals surface area contributed by atoms with Crippen LogP contribution < -0.4 is 19.2 Å². The molecule has 9 nitrogen and oxygen atoms in total. The van der Waals surface area contributed by atoms with Crippen LogP contribution in [0.4, 0.5) is 5.13 Å². The first-order valence-corrected chi connectivity index (χ1v) is 9.98. The Morgan fingerprint density at radius 1 is 1.30 bits per heavy atom. The zero-order valence-corrected chi connectivity index (χ0v) is 17.7. The Labute approximate surface area is 176 Å². The Morgan fingerprint density at radius 2 is 2.03 bits per heavy atom. The number of esters is 1. The first-order chi connectivity index (χ1) is 14.4. The second-order valence-corrected chi connectivity index (χ2v) is 7.42. The van der Waals surface area contributed by atoms with Gasteiger partial charge in [0.25, 0.3) is 5.91 Å². The molecule has 0 fully saturated rings. The molecule has 2 aliphatic heterocycles. The van der Waals surface area contributed by atoms with Gasteiger partial charge in [-0.25, -0.2) is 9.78 Å². The smallest absolute Gasteiger partial charge is 0.350 e. The fourth-order valence-corrected chi connectivity index (χ4v) is 3.97. The molecular formula is C20H19N3O6S. The van der Waals surface area contributed by atoms with Gasteiger partial charge in [0.1, 0.15) is 10.6 Å². The fraction of sp³-hybridized carbons (Fsp3) is 0.300. The van der Waals surface area contributed by atoms with E-state index in [0.717, 1.165) is 11.3 Å². The lowest BCUT2D eigenvalue weighted by molar-refractivity contribution is -0.114. The third kappa shape index (κ3) is 3.39. The summed E-state index contributed by atoms with van der Waals surface area (Å²) in [7, 11) is 1.54. The fourth-order valence-electron chi connectivity index (χ4n) is 3.06. The molecule has 1 amide bonds. The lowest BCUT2D eigenvalue weighted by Crippen LogP contribution is -2.21. The molecule has 0 saturated carbocycles. The number of carbonyl (C=O) groups is 2. The van der Waals surface area contributed by atoms with Crippen LogP contribution in [0.15, 0.2) is 22.8 Å². The number of carbonyl (C=O) groups excluding carboxylic acids is 2. The molecule has 0 unspecified atom stereocenters. The van der Waals surface area contributed by atoms with E-state index in [1.807, 2.05) is 0 Å². The number of amides is 1. The highest BCUT2D eigenvalue weighted by Crippen LogP contribution is 2.39. The standard InChI is InChI=1S/C20H19N3O6S/c1-5-27-19(25)17-11(3)21-20(30-17)23-18(24)13(10(2)22-23)6-12-7-15-16(29-9-28-15)8-14(12)26-4/h6-8H,5,9H2,1-4H3. The van der Waals surface area contributed by atoms with Crippen LogP contribution >= 0.6 is 11.3 Å². The molecule has 30 heavy (non-hydrogen) atoms. The summed E-state index contributed by atoms with van der Waals surface area (Å²) in [5, 5.41) is 5.84. The lowest BCUT2D eigenvalue weighted by Gasteiger charge is -2.09. The Balaban J connectivity index is 1.67. The molecule has 1 aromatic carbocycles. The number of rotatable bonds is 5. The second kappa shape index (κ2) is 7.79. The summed E-state index contributed by atoms with van der Waals surface area (Å²) >= 11 is 1.07. The summed E-state index contributed by atoms with van der Waals surface area (Å²) in [6.07, 6.45) is 1.69. The molecule has 0 atom stereocenters. The van der Waals surface area contributed by atoms with Crippen molar-refractivity contribution < 1.29 is 28.5 Å². The van der Waals surface area contributed by atoms with Crippen molar-refractivity contribution >= 4 is 40.1 Å². The maximum atomic E-state index is 13.1. The number of benzene rings is 1. The Kier molecular flexibility index (Phi) is 5.17. The number of methoxy groups -OCH3 is 1. The number of anilines is 1. The van der Waals surface area contributed by atoms with E-state index in [9.17, 15) is 9.59 Å². The van der Waals surface area contributed by atoms with E-state index in [2.05, 4.69) is 10.1 Å². The van der Waals surface area contributed by atoms with Crippen molar-refractivity contribution in [3.05, 3.63) is 33.8 Å². The van der Waals surface area contributed by atoms with Gasteiger partial charge in [0, 0.05) is 11.6 Å². The highest BCUT2D eigenvalue weighted by Gasteiger charge is 2.32. The number of aryl methyl sites for hydroxylation is 1. The molecule has 0 spiro atoms. The van der Waals surface area contributed by atoms with Gasteiger partial charge in [0.05, 0.1) is 30.7 Å². The Bertz CT molecular complexity index is 1100. The molecule has 0 N–H and O–H groups in total. The minimum absolute atomic E-state index is 0.137. The van der Waals surface area contributed by atoms with E-state index < -0.39 is 5.97 Å². The molecule has 0 aliphatic carbocycles. The largest absolute Gasteiger partial charge is 0.496 e. The van der Waals surface area contributed by atoms with Crippen LogP contribution in [0.3, 0.4) is 0 Å². The van der Waals surface area contributed by atoms with Gasteiger partial charge < -0.3 is 18.9 Å². The van der Waals surface area contributed by atoms with Gasteiger partial charge in [-0.3, -0.25) is 4.79 Å². The Morgan fingerprint density at radius 3 is 2.73 bits per heavy atom. The molecular weight excluding hydrogens is 410 g/mol. The minimum atomic E-state index is -0.466. The van der Waals surface area contributed by atoms with Crippen molar-refractivity contribution in [3.63, 3.8) is 0 Å². The van der Waals surface area contributed by atoms with Crippen molar-refractivity contribution in [2.45, 2.75) is 20.8 Å². The molecule has 0 radical (unpaired) electrons. The number of hydrogen-bond acceptors (Lipinski definition) is 9. The topological polar surface area (TPSA) is 99.5 Å². The second-order valence-electron chi connectivity index (χ2n) is 6.44. The molecule has 1 aromatic heterocycles. The average molecular weight is 429 g/mol. The molecule has 0 saturated heterocycles. The summed E-state index contributed by atoms with van der Waals surface area (Å²) in [4.78, 5) is 29.8. The molecule has 4 rings (SSSR count). The summed E-state index contributed by atoms with van der Waals surface area (Å²) in [6, 6.07) is 3.47. The molecule has 156 valence electrons. The quantitative estimate of drug-likeness (QED) is 0.532. The van der Waals surface area contributed by atoms with Gasteiger partial charge >= 0.3 is 5.97 Å². The van der Waals surface area contributed by atoms with Gasteiger partial charge in [-0.2, -0.15) is 10.1 Å². The van der Waals surface area contributed by atoms with Gasteiger partial charge in [0.2, 0.25) is 11.9 Å². The number of hydrazone groups is 1. The molecule has 0 bridgehead atoms. The van der Waals surface area contributed by atoms with Crippen molar-refractivity contribution in [2.75, 3.05) is 25.5 Å². The van der Waals surface area contributed by atoms with Crippen LogP contribution in [-0.2, 0) is 9.53 Å². The van der Waals surface area contributed by atoms with Crippen molar-refractivity contribution in [1.29, 1.82) is 0 Å². The van der Waals surface area contributed by atoms with Crippen LogP contribution in [0.25, 0.3) is 6.08 Å². The van der Waals surface area contributed by atoms with Gasteiger partial charge in [0.15, 0.2) is 11.5 Å². The summed E-state index contributed by atoms with van der Waals surface area (Å²) in [6.45, 7) is 5.55. The average Bonchev–Trinajstić information content (AvgIpc) is 3.40. The molecule has 3 heterocycles. The minimum Gasteiger partial charge on any atom is -0.496 e. The summed E-state index contributed by atoms with van der Waals surface area (Å²) < 4.78 is 21.3. The molecule has 2 aromatic rings. The molecule has 2 aliphatic rings. The zero-order chi connectivity index (χ0) is 21.4. The van der Waals surface area contributed by atoms with Gasteiger partial charge in [-0.1, -0.05) is 11.3 Å². The number of aromatic nitrogens is 1. The first kappa shape index (κ1) is 19.9. The van der Waals surface area contributed by atoms with Crippen LogP contribution in [0.2, 0.25) is 0 Å². The number of hydrogen-bond donors (Lipinski definition) is 0. The number of ether oxygens (including phenoxy) is 4. The van der Waals surface area contributed by atoms with Crippen LogP contribution in [-0.4, -0.2) is 43.1 Å². The predicted molar refractivity (Wildman–Crippen MR) is 110 cm³/mol. The number of fused-ring (bicyclic) bond motifs is 1. The Hall–Kier alpha value is -3.40. The summed E-state index contributed by atoms with van der Waals surface area (Å²) in [5.74, 6) is 0.890. The highest BCUT2D eigenvalue weighted by molar-refractivity contribution is 7.17. The van der Waals surface area contributed by atoms with Crippen molar-refractivity contribution in [1.82, 2.24) is 4.98 Å². The van der Waals surface area contributed by atoms with E-state index in [4.69, 9.17) is 18.9 Å². The maximum absolute atomic E-state index is 13.1. The van der Waals surface area contributed by atoms with Crippen LogP contribution in [0.5, 0.6) is 17.2 Å². The van der Waals surface area contributed by atoms with Crippen molar-refractivity contribution in [3.8, 4) is 17.2 Å². The van der Waals surface area contributed by atoms with Crippen LogP contribution in [0, 0.1) is 6.92 Å². The SMILES string of the molecule is CCOC(=O)c1sc(N2N=C(C)C(=Cc3cc4c(cc3OC)OCO4)C2=O)nc1C. The third-order valence-electron chi connectivity index (χ3n) is 4.51. The normalized spacial score (nSPS) is 16.3. The van der Waals surface area contributed by atoms with Gasteiger partial charge in [-0.15, -0.1) is 0 Å². The third-order valence-corrected chi connectivity index (χ3v) is 5.63. The first-order valence-electron chi connectivity index (χ1n) is 9.16. The van der Waals surface area contributed by atoms with Crippen molar-refractivity contribution in [2.24, 2.45) is 5.10 Å². The van der Waals surface area contributed by atoms with Crippen LogP contribution in [0.1, 0.15) is 34.8 Å².